The maximum Gasteiger partial charge on any atom is 0.321 e. The van der Waals surface area contributed by atoms with Gasteiger partial charge in [-0.15, -0.1) is 5.10 Å². The second kappa shape index (κ2) is 2.78. The van der Waals surface area contributed by atoms with Gasteiger partial charge in [0.05, 0.1) is 5.69 Å². The monoisotopic (exact) mass is 196 g/mol. The molecule has 0 saturated heterocycles. The molecule has 1 heterocycles. The van der Waals surface area contributed by atoms with Crippen LogP contribution in [0.4, 0.5) is 0 Å². The number of aliphatic carboxylic acids is 1. The number of carbonyl (C=O) groups is 1. The fourth-order valence-corrected chi connectivity index (χ4v) is 1.67. The Morgan fingerprint density at radius 1 is 1.79 bits per heavy atom. The lowest BCUT2D eigenvalue weighted by Crippen LogP contribution is -2.42. The number of carboxylic acids is 1. The molecule has 0 aromatic carbocycles. The van der Waals surface area contributed by atoms with Crippen LogP contribution in [0.5, 0.6) is 0 Å². The van der Waals surface area contributed by atoms with Gasteiger partial charge in [-0.3, -0.25) is 9.48 Å². The fourth-order valence-electron chi connectivity index (χ4n) is 1.67. The van der Waals surface area contributed by atoms with Crippen molar-refractivity contribution in [2.45, 2.75) is 24.3 Å². The Hall–Kier alpha value is -1.43. The molecule has 0 spiro atoms. The maximum absolute atomic E-state index is 10.8. The summed E-state index contributed by atoms with van der Waals surface area (Å²) in [6.07, 6.45) is 3.29. The second-order valence-electron chi connectivity index (χ2n) is 3.75. The first-order valence-corrected chi connectivity index (χ1v) is 4.41. The first-order chi connectivity index (χ1) is 6.56. The van der Waals surface area contributed by atoms with Crippen molar-refractivity contribution in [3.05, 3.63) is 11.9 Å². The van der Waals surface area contributed by atoms with Gasteiger partial charge in [0.1, 0.15) is 6.04 Å². The summed E-state index contributed by atoms with van der Waals surface area (Å²) in [5.74, 6) is -0.979. The van der Waals surface area contributed by atoms with Crippen LogP contribution in [0, 0.1) is 0 Å². The zero-order valence-corrected chi connectivity index (χ0v) is 7.84. The second-order valence-corrected chi connectivity index (χ2v) is 3.75. The molecule has 1 aliphatic carbocycles. The Bertz CT molecular complexity index is 369. The molecule has 0 amide bonds. The van der Waals surface area contributed by atoms with E-state index in [0.29, 0.717) is 5.69 Å². The lowest BCUT2D eigenvalue weighted by atomic mass is 9.94. The van der Waals surface area contributed by atoms with Gasteiger partial charge in [0.2, 0.25) is 0 Å². The Kier molecular flexibility index (Phi) is 1.81. The number of hydrogen-bond acceptors (Lipinski definition) is 4. The van der Waals surface area contributed by atoms with E-state index in [9.17, 15) is 4.79 Å². The normalized spacial score (nSPS) is 20.4. The van der Waals surface area contributed by atoms with Crippen LogP contribution in [-0.4, -0.2) is 32.1 Å². The van der Waals surface area contributed by atoms with Crippen LogP contribution >= 0.6 is 0 Å². The Labute approximate surface area is 80.7 Å². The standard InChI is InChI=1S/C8H12N4O2/c1-12-4-5(10-11-12)8(2-3-8)6(9)7(13)14/h4,6H,2-3,9H2,1H3,(H,13,14). The summed E-state index contributed by atoms with van der Waals surface area (Å²) >= 11 is 0. The first kappa shape index (κ1) is 9.14. The van der Waals surface area contributed by atoms with E-state index in [1.165, 1.54) is 0 Å². The van der Waals surface area contributed by atoms with Crippen molar-refractivity contribution in [3.8, 4) is 0 Å². The molecule has 1 unspecified atom stereocenters. The van der Waals surface area contributed by atoms with Gasteiger partial charge in [0.15, 0.2) is 0 Å². The summed E-state index contributed by atoms with van der Waals surface area (Å²) in [6, 6.07) is -0.876. The topological polar surface area (TPSA) is 94.0 Å². The predicted octanol–water partition coefficient (Wildman–Crippen LogP) is -0.741. The summed E-state index contributed by atoms with van der Waals surface area (Å²) in [5.41, 5.74) is 5.84. The van der Waals surface area contributed by atoms with Crippen LogP contribution in [0.15, 0.2) is 6.20 Å². The Morgan fingerprint density at radius 3 is 2.79 bits per heavy atom. The molecule has 0 radical (unpaired) electrons. The molecule has 2 rings (SSSR count). The zero-order chi connectivity index (χ0) is 10.3. The van der Waals surface area contributed by atoms with E-state index in [2.05, 4.69) is 10.3 Å². The van der Waals surface area contributed by atoms with E-state index < -0.39 is 17.4 Å². The summed E-state index contributed by atoms with van der Waals surface area (Å²) in [4.78, 5) is 10.8. The molecular weight excluding hydrogens is 184 g/mol. The van der Waals surface area contributed by atoms with Crippen LogP contribution in [0.3, 0.4) is 0 Å². The minimum absolute atomic E-state index is 0.472. The molecule has 1 fully saturated rings. The molecular formula is C8H12N4O2. The summed E-state index contributed by atoms with van der Waals surface area (Å²) in [6.45, 7) is 0. The van der Waals surface area contributed by atoms with Gasteiger partial charge in [-0.25, -0.2) is 0 Å². The third kappa shape index (κ3) is 1.19. The van der Waals surface area contributed by atoms with E-state index in [1.54, 1.807) is 17.9 Å². The van der Waals surface area contributed by atoms with E-state index in [4.69, 9.17) is 10.8 Å². The average Bonchev–Trinajstić information content (AvgIpc) is 2.83. The summed E-state index contributed by atoms with van der Waals surface area (Å²) < 4.78 is 1.56. The third-order valence-corrected chi connectivity index (χ3v) is 2.76. The number of aryl methyl sites for hydroxylation is 1. The number of nitrogens with zero attached hydrogens (tertiary/aromatic N) is 3. The molecule has 14 heavy (non-hydrogen) atoms. The molecule has 1 aromatic heterocycles. The van der Waals surface area contributed by atoms with Gasteiger partial charge in [0, 0.05) is 18.7 Å². The SMILES string of the molecule is Cn1cc(C2(C(N)C(=O)O)CC2)nn1. The molecule has 1 atom stereocenters. The number of rotatable bonds is 3. The highest BCUT2D eigenvalue weighted by Gasteiger charge is 2.54. The minimum atomic E-state index is -0.979. The number of hydrogen-bond donors (Lipinski definition) is 2. The number of aromatic nitrogens is 3. The van der Waals surface area contributed by atoms with E-state index >= 15 is 0 Å². The Morgan fingerprint density at radius 2 is 2.43 bits per heavy atom. The lowest BCUT2D eigenvalue weighted by Gasteiger charge is -2.16. The predicted molar refractivity (Wildman–Crippen MR) is 47.5 cm³/mol. The van der Waals surface area contributed by atoms with Gasteiger partial charge >= 0.3 is 5.97 Å². The molecule has 6 heteroatoms. The van der Waals surface area contributed by atoms with Gasteiger partial charge < -0.3 is 10.8 Å². The molecule has 1 aliphatic rings. The Balaban J connectivity index is 2.29. The molecule has 6 nitrogen and oxygen atoms in total. The van der Waals surface area contributed by atoms with E-state index in [1.807, 2.05) is 0 Å². The van der Waals surface area contributed by atoms with Gasteiger partial charge in [0.25, 0.3) is 0 Å². The highest BCUT2D eigenvalue weighted by molar-refractivity contribution is 5.76. The average molecular weight is 196 g/mol. The summed E-state index contributed by atoms with van der Waals surface area (Å²) in [7, 11) is 1.75. The minimum Gasteiger partial charge on any atom is -0.480 e. The fraction of sp³-hybridized carbons (Fsp3) is 0.625. The van der Waals surface area contributed by atoms with Crippen molar-refractivity contribution < 1.29 is 9.90 Å². The van der Waals surface area contributed by atoms with Crippen molar-refractivity contribution in [1.29, 1.82) is 0 Å². The first-order valence-electron chi connectivity index (χ1n) is 4.41. The van der Waals surface area contributed by atoms with Crippen molar-refractivity contribution >= 4 is 5.97 Å². The van der Waals surface area contributed by atoms with Gasteiger partial charge in [-0.05, 0) is 12.8 Å². The molecule has 0 aliphatic heterocycles. The molecule has 1 aromatic rings. The zero-order valence-electron chi connectivity index (χ0n) is 7.84. The van der Waals surface area contributed by atoms with Crippen molar-refractivity contribution in [2.24, 2.45) is 12.8 Å². The summed E-state index contributed by atoms with van der Waals surface area (Å²) in [5, 5.41) is 16.6. The van der Waals surface area contributed by atoms with Crippen molar-refractivity contribution in [3.63, 3.8) is 0 Å². The van der Waals surface area contributed by atoms with Crippen molar-refractivity contribution in [2.75, 3.05) is 0 Å². The van der Waals surface area contributed by atoms with Crippen LogP contribution in [0.1, 0.15) is 18.5 Å². The van der Waals surface area contributed by atoms with Crippen molar-refractivity contribution in [1.82, 2.24) is 15.0 Å². The maximum atomic E-state index is 10.8. The van der Waals surface area contributed by atoms with Gasteiger partial charge in [-0.1, -0.05) is 5.21 Å². The van der Waals surface area contributed by atoms with Crippen LogP contribution in [0.25, 0.3) is 0 Å². The largest absolute Gasteiger partial charge is 0.480 e. The molecule has 1 saturated carbocycles. The number of nitrogens with two attached hydrogens (primary N) is 1. The van der Waals surface area contributed by atoms with E-state index in [0.717, 1.165) is 12.8 Å². The highest BCUT2D eigenvalue weighted by atomic mass is 16.4. The van der Waals surface area contributed by atoms with Crippen LogP contribution in [0.2, 0.25) is 0 Å². The molecule has 0 bridgehead atoms. The van der Waals surface area contributed by atoms with Gasteiger partial charge in [-0.2, -0.15) is 0 Å². The van der Waals surface area contributed by atoms with E-state index in [-0.39, 0.29) is 0 Å². The molecule has 76 valence electrons. The molecule has 3 N–H and O–H groups in total. The lowest BCUT2D eigenvalue weighted by molar-refractivity contribution is -0.139. The number of carboxylic acid groups (broad SMARTS) is 1. The van der Waals surface area contributed by atoms with Crippen LogP contribution in [-0.2, 0) is 17.3 Å². The smallest absolute Gasteiger partial charge is 0.321 e. The third-order valence-electron chi connectivity index (χ3n) is 2.76. The quantitative estimate of drug-likeness (QED) is 0.664. The highest BCUT2D eigenvalue weighted by Crippen LogP contribution is 2.49. The van der Waals surface area contributed by atoms with Crippen LogP contribution < -0.4 is 5.73 Å².